The number of nitrogens with zero attached hydrogens (tertiary/aromatic N) is 3. The fraction of sp³-hybridized carbons (Fsp3) is 0.600. The van der Waals surface area contributed by atoms with Crippen molar-refractivity contribution >= 4 is 23.3 Å². The van der Waals surface area contributed by atoms with E-state index in [4.69, 9.17) is 4.74 Å². The molecule has 1 N–H and O–H groups in total. The molecule has 1 rings (SSSR count). The smallest absolute Gasteiger partial charge is 0.372 e. The van der Waals surface area contributed by atoms with Gasteiger partial charge in [-0.25, -0.2) is 4.98 Å². The highest BCUT2D eigenvalue weighted by Crippen LogP contribution is 2.31. The average molecular weight is 272 g/mol. The number of anilines is 1. The summed E-state index contributed by atoms with van der Waals surface area (Å²) in [6.45, 7) is 2.01. The summed E-state index contributed by atoms with van der Waals surface area (Å²) in [6, 6.07) is 0.123. The van der Waals surface area contributed by atoms with Crippen LogP contribution >= 0.6 is 11.8 Å². The Balaban J connectivity index is 3.03. The summed E-state index contributed by atoms with van der Waals surface area (Å²) in [6.07, 6.45) is 4.09. The zero-order valence-corrected chi connectivity index (χ0v) is 11.4. The highest BCUT2D eigenvalue weighted by molar-refractivity contribution is 7.98. The van der Waals surface area contributed by atoms with Gasteiger partial charge in [-0.3, -0.25) is 10.1 Å². The number of rotatable bonds is 7. The molecule has 0 radical (unpaired) electrons. The number of hydrogen-bond donors (Lipinski definition) is 1. The SMILES string of the molecule is CCC(CSC)Nc1ncnc(OC)c1[N+](=O)[O-]. The first kappa shape index (κ1) is 14.5. The molecular formula is C10H16N4O3S. The fourth-order valence-corrected chi connectivity index (χ4v) is 2.16. The molecule has 1 heterocycles. The van der Waals surface area contributed by atoms with E-state index in [0.717, 1.165) is 12.2 Å². The number of nitro groups is 1. The Bertz CT molecular complexity index is 416. The van der Waals surface area contributed by atoms with Crippen LogP contribution in [0.15, 0.2) is 6.33 Å². The van der Waals surface area contributed by atoms with Crippen LogP contribution in [-0.2, 0) is 0 Å². The first-order valence-corrected chi connectivity index (χ1v) is 6.82. The molecule has 0 spiro atoms. The Morgan fingerprint density at radius 3 is 2.83 bits per heavy atom. The maximum atomic E-state index is 11.0. The van der Waals surface area contributed by atoms with Gasteiger partial charge in [0.05, 0.1) is 12.0 Å². The molecule has 8 heteroatoms. The average Bonchev–Trinajstić information content (AvgIpc) is 2.37. The van der Waals surface area contributed by atoms with Gasteiger partial charge >= 0.3 is 5.69 Å². The van der Waals surface area contributed by atoms with E-state index in [-0.39, 0.29) is 23.4 Å². The van der Waals surface area contributed by atoms with Crippen molar-refractivity contribution in [2.24, 2.45) is 0 Å². The summed E-state index contributed by atoms with van der Waals surface area (Å²) >= 11 is 1.67. The molecular weight excluding hydrogens is 256 g/mol. The van der Waals surface area contributed by atoms with Crippen LogP contribution in [0.1, 0.15) is 13.3 Å². The second-order valence-corrected chi connectivity index (χ2v) is 4.45. The Kier molecular flexibility index (Phi) is 5.63. The van der Waals surface area contributed by atoms with Crippen molar-refractivity contribution < 1.29 is 9.66 Å². The van der Waals surface area contributed by atoms with Gasteiger partial charge in [-0.1, -0.05) is 6.92 Å². The number of methoxy groups -OCH3 is 1. The van der Waals surface area contributed by atoms with Crippen LogP contribution in [0.4, 0.5) is 11.5 Å². The lowest BCUT2D eigenvalue weighted by Crippen LogP contribution is -2.22. The van der Waals surface area contributed by atoms with E-state index in [9.17, 15) is 10.1 Å². The first-order valence-electron chi connectivity index (χ1n) is 5.42. The van der Waals surface area contributed by atoms with E-state index in [2.05, 4.69) is 15.3 Å². The normalized spacial score (nSPS) is 11.9. The van der Waals surface area contributed by atoms with Gasteiger partial charge in [0.2, 0.25) is 5.82 Å². The molecule has 0 aliphatic rings. The van der Waals surface area contributed by atoms with Crippen molar-refractivity contribution in [1.29, 1.82) is 0 Å². The maximum absolute atomic E-state index is 11.0. The highest BCUT2D eigenvalue weighted by atomic mass is 32.2. The van der Waals surface area contributed by atoms with Crippen LogP contribution in [0.2, 0.25) is 0 Å². The van der Waals surface area contributed by atoms with Crippen LogP contribution < -0.4 is 10.1 Å². The van der Waals surface area contributed by atoms with Gasteiger partial charge in [-0.15, -0.1) is 0 Å². The standard InChI is InChI=1S/C10H16N4O3S/c1-4-7(5-18-3)13-9-8(14(15)16)10(17-2)12-6-11-9/h6-7H,4-5H2,1-3H3,(H,11,12,13). The topological polar surface area (TPSA) is 90.2 Å². The Morgan fingerprint density at radius 1 is 1.61 bits per heavy atom. The van der Waals surface area contributed by atoms with Gasteiger partial charge in [0.25, 0.3) is 5.88 Å². The molecule has 1 unspecified atom stereocenters. The van der Waals surface area contributed by atoms with Crippen LogP contribution in [0.25, 0.3) is 0 Å². The van der Waals surface area contributed by atoms with E-state index in [0.29, 0.717) is 0 Å². The lowest BCUT2D eigenvalue weighted by atomic mass is 10.2. The molecule has 0 fully saturated rings. The molecule has 1 aromatic rings. The van der Waals surface area contributed by atoms with Crippen molar-refractivity contribution in [3.05, 3.63) is 16.4 Å². The second kappa shape index (κ2) is 7.00. The fourth-order valence-electron chi connectivity index (χ4n) is 1.44. The number of thioether (sulfide) groups is 1. The predicted octanol–water partition coefficient (Wildman–Crippen LogP) is 1.95. The molecule has 18 heavy (non-hydrogen) atoms. The van der Waals surface area contributed by atoms with Gasteiger partial charge in [-0.05, 0) is 12.7 Å². The summed E-state index contributed by atoms with van der Waals surface area (Å²) in [5, 5.41) is 14.1. The third-order valence-corrected chi connectivity index (χ3v) is 3.10. The first-order chi connectivity index (χ1) is 8.63. The maximum Gasteiger partial charge on any atom is 0.372 e. The number of ether oxygens (including phenoxy) is 1. The number of aromatic nitrogens is 2. The molecule has 0 amide bonds. The zero-order valence-electron chi connectivity index (χ0n) is 10.5. The van der Waals surface area contributed by atoms with E-state index in [1.165, 1.54) is 13.4 Å². The Hall–Kier alpha value is -1.57. The molecule has 1 atom stereocenters. The number of hydrogen-bond acceptors (Lipinski definition) is 7. The van der Waals surface area contributed by atoms with E-state index in [1.807, 2.05) is 13.2 Å². The van der Waals surface area contributed by atoms with Crippen LogP contribution in [0.3, 0.4) is 0 Å². The minimum absolute atomic E-state index is 0.0310. The van der Waals surface area contributed by atoms with Gasteiger partial charge < -0.3 is 10.1 Å². The van der Waals surface area contributed by atoms with Crippen LogP contribution in [0.5, 0.6) is 5.88 Å². The summed E-state index contributed by atoms with van der Waals surface area (Å²) in [7, 11) is 1.35. The minimum atomic E-state index is -0.535. The second-order valence-electron chi connectivity index (χ2n) is 3.54. The van der Waals surface area contributed by atoms with Gasteiger partial charge in [0.1, 0.15) is 6.33 Å². The molecule has 0 aromatic carbocycles. The van der Waals surface area contributed by atoms with Gasteiger partial charge in [-0.2, -0.15) is 16.7 Å². The van der Waals surface area contributed by atoms with E-state index in [1.54, 1.807) is 11.8 Å². The molecule has 0 aliphatic heterocycles. The van der Waals surface area contributed by atoms with Crippen molar-refractivity contribution in [2.75, 3.05) is 24.4 Å². The summed E-state index contributed by atoms with van der Waals surface area (Å²) in [4.78, 5) is 18.2. The molecule has 7 nitrogen and oxygen atoms in total. The molecule has 0 saturated heterocycles. The Labute approximate surface area is 109 Å². The quantitative estimate of drug-likeness (QED) is 0.599. The molecule has 0 saturated carbocycles. The monoisotopic (exact) mass is 272 g/mol. The summed E-state index contributed by atoms with van der Waals surface area (Å²) in [5.74, 6) is 1.02. The van der Waals surface area contributed by atoms with Gasteiger partial charge in [0, 0.05) is 11.8 Å². The van der Waals surface area contributed by atoms with Crippen molar-refractivity contribution in [3.8, 4) is 5.88 Å². The lowest BCUT2D eigenvalue weighted by molar-refractivity contribution is -0.385. The summed E-state index contributed by atoms with van der Waals surface area (Å²) < 4.78 is 4.88. The van der Waals surface area contributed by atoms with Gasteiger partial charge in [0.15, 0.2) is 0 Å². The summed E-state index contributed by atoms with van der Waals surface area (Å²) in [5.41, 5.74) is -0.223. The van der Waals surface area contributed by atoms with E-state index >= 15 is 0 Å². The van der Waals surface area contributed by atoms with Crippen LogP contribution in [0, 0.1) is 10.1 Å². The Morgan fingerprint density at radius 2 is 2.33 bits per heavy atom. The molecule has 0 aliphatic carbocycles. The predicted molar refractivity (Wildman–Crippen MR) is 71.3 cm³/mol. The largest absolute Gasteiger partial charge is 0.476 e. The molecule has 0 bridgehead atoms. The zero-order chi connectivity index (χ0) is 13.5. The molecule has 100 valence electrons. The third-order valence-electron chi connectivity index (χ3n) is 2.37. The van der Waals surface area contributed by atoms with Crippen molar-refractivity contribution in [2.45, 2.75) is 19.4 Å². The lowest BCUT2D eigenvalue weighted by Gasteiger charge is -2.16. The van der Waals surface area contributed by atoms with Crippen molar-refractivity contribution in [3.63, 3.8) is 0 Å². The third kappa shape index (κ3) is 3.46. The highest BCUT2D eigenvalue weighted by Gasteiger charge is 2.25. The van der Waals surface area contributed by atoms with Crippen LogP contribution in [-0.4, -0.2) is 40.1 Å². The molecule has 1 aromatic heterocycles. The van der Waals surface area contributed by atoms with Crippen molar-refractivity contribution in [1.82, 2.24) is 9.97 Å². The minimum Gasteiger partial charge on any atom is -0.476 e. The van der Waals surface area contributed by atoms with E-state index < -0.39 is 4.92 Å². The number of nitrogens with one attached hydrogen (secondary N) is 1.